The summed E-state index contributed by atoms with van der Waals surface area (Å²) in [5, 5.41) is 13.2. The zero-order chi connectivity index (χ0) is 29.3. The molecular weight excluding hydrogens is 562 g/mol. The summed E-state index contributed by atoms with van der Waals surface area (Å²) in [6.07, 6.45) is 4.89. The van der Waals surface area contributed by atoms with E-state index in [1.54, 1.807) is 17.1 Å². The number of rotatable bonds is 5. The van der Waals surface area contributed by atoms with E-state index in [1.165, 1.54) is 6.33 Å². The molecule has 3 aromatic carbocycles. The van der Waals surface area contributed by atoms with E-state index in [1.807, 2.05) is 84.4 Å². The van der Waals surface area contributed by atoms with Crippen LogP contribution in [0.15, 0.2) is 91.5 Å². The van der Waals surface area contributed by atoms with Gasteiger partial charge in [0.15, 0.2) is 11.6 Å². The third-order valence-electron chi connectivity index (χ3n) is 9.35. The second-order valence-electron chi connectivity index (χ2n) is 11.5. The number of Topliss-reactive ketones (excluding diaryl/α,β-unsaturated/α-hetero) is 1. The topological polar surface area (TPSA) is 97.9 Å². The van der Waals surface area contributed by atoms with Crippen LogP contribution in [0.4, 0.5) is 5.69 Å². The first kappa shape index (κ1) is 26.1. The van der Waals surface area contributed by atoms with Crippen LogP contribution in [-0.4, -0.2) is 53.7 Å². The Hall–Kier alpha value is -4.60. The van der Waals surface area contributed by atoms with Gasteiger partial charge < -0.3 is 5.32 Å². The smallest absolute Gasteiger partial charge is 0.250 e. The summed E-state index contributed by atoms with van der Waals surface area (Å²) in [4.78, 5) is 35.9. The molecule has 2 fully saturated rings. The number of hydrogen-bond acceptors (Lipinski definition) is 6. The van der Waals surface area contributed by atoms with E-state index in [0.29, 0.717) is 28.6 Å². The third-order valence-corrected chi connectivity index (χ3v) is 9.59. The van der Waals surface area contributed by atoms with Gasteiger partial charge >= 0.3 is 0 Å². The van der Waals surface area contributed by atoms with E-state index in [-0.39, 0.29) is 23.7 Å². The largest absolute Gasteiger partial charge is 0.324 e. The minimum Gasteiger partial charge on any atom is -0.324 e. The van der Waals surface area contributed by atoms with Crippen LogP contribution in [0.25, 0.3) is 11.5 Å². The Morgan fingerprint density at radius 1 is 1.05 bits per heavy atom. The van der Waals surface area contributed by atoms with Crippen LogP contribution in [-0.2, 0) is 10.3 Å². The van der Waals surface area contributed by atoms with Crippen LogP contribution in [0, 0.1) is 12.8 Å². The Morgan fingerprint density at radius 3 is 2.56 bits per heavy atom. The van der Waals surface area contributed by atoms with Crippen LogP contribution in [0.2, 0.25) is 5.02 Å². The molecule has 214 valence electrons. The molecule has 2 saturated heterocycles. The maximum Gasteiger partial charge on any atom is 0.250 e. The van der Waals surface area contributed by atoms with Gasteiger partial charge in [0.05, 0.1) is 17.3 Å². The summed E-state index contributed by atoms with van der Waals surface area (Å²) in [6, 6.07) is 24.5. The van der Waals surface area contributed by atoms with Gasteiger partial charge in [0.25, 0.3) is 0 Å². The third kappa shape index (κ3) is 3.64. The Labute approximate surface area is 253 Å². The molecular formula is C33H28ClN7O2. The van der Waals surface area contributed by atoms with Gasteiger partial charge in [0.2, 0.25) is 5.91 Å². The lowest BCUT2D eigenvalue weighted by Crippen LogP contribution is -2.52. The molecule has 1 N–H and O–H groups in total. The number of nitrogens with one attached hydrogen (secondary N) is 1. The number of aromatic nitrogens is 5. The lowest BCUT2D eigenvalue weighted by atomic mass is 9.68. The van der Waals surface area contributed by atoms with E-state index >= 15 is 0 Å². The molecule has 9 nitrogen and oxygen atoms in total. The zero-order valence-corrected chi connectivity index (χ0v) is 24.1. The van der Waals surface area contributed by atoms with E-state index in [4.69, 9.17) is 16.7 Å². The molecule has 0 aliphatic carbocycles. The summed E-state index contributed by atoms with van der Waals surface area (Å²) >= 11 is 6.59. The molecule has 0 saturated carbocycles. The molecule has 1 amide bonds. The van der Waals surface area contributed by atoms with E-state index in [0.717, 1.165) is 35.3 Å². The van der Waals surface area contributed by atoms with Gasteiger partial charge in [-0.1, -0.05) is 60.1 Å². The number of carbonyl (C=O) groups excluding carboxylic acids is 2. The number of benzene rings is 3. The molecule has 1 spiro atoms. The van der Waals surface area contributed by atoms with E-state index in [2.05, 4.69) is 20.3 Å². The molecule has 0 bridgehead atoms. The monoisotopic (exact) mass is 589 g/mol. The van der Waals surface area contributed by atoms with Gasteiger partial charge in [0, 0.05) is 39.4 Å². The summed E-state index contributed by atoms with van der Waals surface area (Å²) in [5.74, 6) is -0.689. The molecule has 2 aromatic heterocycles. The number of aryl methyl sites for hydroxylation is 1. The molecule has 3 aliphatic heterocycles. The molecule has 3 aliphatic rings. The second-order valence-corrected chi connectivity index (χ2v) is 11.9. The number of amides is 1. The summed E-state index contributed by atoms with van der Waals surface area (Å²) in [5.41, 5.74) is 3.31. The number of ketones is 1. The average molecular weight is 590 g/mol. The van der Waals surface area contributed by atoms with Crippen LogP contribution in [0.1, 0.15) is 45.9 Å². The van der Waals surface area contributed by atoms with Crippen molar-refractivity contribution in [2.45, 2.75) is 37.3 Å². The van der Waals surface area contributed by atoms with Crippen LogP contribution in [0.5, 0.6) is 0 Å². The van der Waals surface area contributed by atoms with Crippen molar-refractivity contribution in [3.05, 3.63) is 119 Å². The highest BCUT2D eigenvalue weighted by Crippen LogP contribution is 2.62. The van der Waals surface area contributed by atoms with Crippen LogP contribution >= 0.6 is 11.6 Å². The minimum absolute atomic E-state index is 0.0839. The molecule has 43 heavy (non-hydrogen) atoms. The zero-order valence-electron chi connectivity index (χ0n) is 23.4. The van der Waals surface area contributed by atoms with Crippen LogP contribution in [0.3, 0.4) is 0 Å². The predicted molar refractivity (Wildman–Crippen MR) is 162 cm³/mol. The number of carbonyl (C=O) groups is 2. The van der Waals surface area contributed by atoms with Crippen LogP contribution < -0.4 is 5.32 Å². The second kappa shape index (κ2) is 9.72. The molecule has 5 heterocycles. The SMILES string of the molecule is Cc1nn(-c2ccccc2)c(-n2cncn2)c1C1C2CCCN2C2(C(=O)Nc3ccc(Cl)cc32)C1C(=O)c1ccccc1. The standard InChI is InChI=1S/C33H28ClN7O2/c1-20-27(31(40-19-35-18-36-40)41(38-20)23-11-6-3-7-12-23)28-26-13-8-16-39(26)33(29(28)30(42)21-9-4-2-5-10-21)24-17-22(34)14-15-25(24)37-32(33)43/h2-7,9-12,14-15,17-19,26,28-29H,8,13,16H2,1H3,(H,37,43). The molecule has 4 atom stereocenters. The van der Waals surface area contributed by atoms with Gasteiger partial charge in [-0.2, -0.15) is 10.2 Å². The fraction of sp³-hybridized carbons (Fsp3) is 0.242. The quantitative estimate of drug-likeness (QED) is 0.279. The molecule has 10 heteroatoms. The van der Waals surface area contributed by atoms with Gasteiger partial charge in [0.1, 0.15) is 18.2 Å². The average Bonchev–Trinajstić information content (AvgIpc) is 3.85. The number of halogens is 1. The van der Waals surface area contributed by atoms with Crippen molar-refractivity contribution < 1.29 is 9.59 Å². The molecule has 8 rings (SSSR count). The van der Waals surface area contributed by atoms with Gasteiger partial charge in [-0.25, -0.2) is 14.3 Å². The highest BCUT2D eigenvalue weighted by Gasteiger charge is 2.70. The Morgan fingerprint density at radius 2 is 1.81 bits per heavy atom. The first-order chi connectivity index (χ1) is 21.0. The van der Waals surface area contributed by atoms with Gasteiger partial charge in [-0.05, 0) is 56.6 Å². The van der Waals surface area contributed by atoms with Crippen molar-refractivity contribution in [3.63, 3.8) is 0 Å². The molecule has 4 unspecified atom stereocenters. The number of anilines is 1. The van der Waals surface area contributed by atoms with E-state index in [9.17, 15) is 9.59 Å². The van der Waals surface area contributed by atoms with Gasteiger partial charge in [-0.3, -0.25) is 14.5 Å². The fourth-order valence-electron chi connectivity index (χ4n) is 7.84. The Bertz CT molecular complexity index is 1870. The van der Waals surface area contributed by atoms with Crippen molar-refractivity contribution in [2.24, 2.45) is 5.92 Å². The predicted octanol–water partition coefficient (Wildman–Crippen LogP) is 5.32. The Kier molecular flexibility index (Phi) is 5.89. The number of fused-ring (bicyclic) bond motifs is 4. The summed E-state index contributed by atoms with van der Waals surface area (Å²) in [6.45, 7) is 2.66. The fourth-order valence-corrected chi connectivity index (χ4v) is 8.01. The van der Waals surface area contributed by atoms with Crippen molar-refractivity contribution in [1.29, 1.82) is 0 Å². The van der Waals surface area contributed by atoms with Crippen molar-refractivity contribution in [1.82, 2.24) is 29.4 Å². The highest BCUT2D eigenvalue weighted by molar-refractivity contribution is 6.31. The van der Waals surface area contributed by atoms with E-state index < -0.39 is 11.5 Å². The van der Waals surface area contributed by atoms with Crippen molar-refractivity contribution in [3.8, 4) is 11.5 Å². The first-order valence-electron chi connectivity index (χ1n) is 14.5. The van der Waals surface area contributed by atoms with Crippen molar-refractivity contribution >= 4 is 29.0 Å². The maximum atomic E-state index is 14.9. The summed E-state index contributed by atoms with van der Waals surface area (Å²) in [7, 11) is 0. The molecule has 0 radical (unpaired) electrons. The minimum atomic E-state index is -1.24. The number of nitrogens with zero attached hydrogens (tertiary/aromatic N) is 6. The maximum absolute atomic E-state index is 14.9. The summed E-state index contributed by atoms with van der Waals surface area (Å²) < 4.78 is 3.59. The Balaban J connectivity index is 1.44. The first-order valence-corrected chi connectivity index (χ1v) is 14.9. The normalized spacial score (nSPS) is 24.3. The van der Waals surface area contributed by atoms with Gasteiger partial charge in [-0.15, -0.1) is 0 Å². The number of para-hydroxylation sites is 1. The lowest BCUT2D eigenvalue weighted by molar-refractivity contribution is -0.127. The van der Waals surface area contributed by atoms with Crippen molar-refractivity contribution in [2.75, 3.05) is 11.9 Å². The lowest BCUT2D eigenvalue weighted by Gasteiger charge is -2.37. The molecule has 5 aromatic rings. The number of hydrogen-bond donors (Lipinski definition) is 1. The highest BCUT2D eigenvalue weighted by atomic mass is 35.5.